The number of rotatable bonds is 4. The lowest BCUT2D eigenvalue weighted by Crippen LogP contribution is -2.36. The number of carbonyl (C=O) groups excluding carboxylic acids is 1. The van der Waals surface area contributed by atoms with Gasteiger partial charge in [-0.2, -0.15) is 0 Å². The molecule has 1 N–H and O–H groups in total. The lowest BCUT2D eigenvalue weighted by molar-refractivity contribution is 0.101. The van der Waals surface area contributed by atoms with E-state index in [1.54, 1.807) is 12.1 Å². The van der Waals surface area contributed by atoms with Gasteiger partial charge in [0.05, 0.1) is 11.3 Å². The van der Waals surface area contributed by atoms with Crippen LogP contribution >= 0.6 is 0 Å². The van der Waals surface area contributed by atoms with E-state index >= 15 is 0 Å². The van der Waals surface area contributed by atoms with Crippen molar-refractivity contribution in [3.63, 3.8) is 0 Å². The second-order valence-electron chi connectivity index (χ2n) is 4.62. The van der Waals surface area contributed by atoms with Crippen LogP contribution in [0.5, 0.6) is 0 Å². The molecule has 5 heteroatoms. The Kier molecular flexibility index (Phi) is 3.98. The molecule has 2 aromatic rings. The summed E-state index contributed by atoms with van der Waals surface area (Å²) in [7, 11) is 0. The molecule has 0 radical (unpaired) electrons. The number of aromatic amines is 1. The van der Waals surface area contributed by atoms with Crippen molar-refractivity contribution in [1.29, 1.82) is 0 Å². The van der Waals surface area contributed by atoms with Crippen molar-refractivity contribution in [3.8, 4) is 5.69 Å². The maximum Gasteiger partial charge on any atom is 0.333 e. The molecule has 0 bridgehead atoms. The minimum Gasteiger partial charge on any atom is -0.313 e. The highest BCUT2D eigenvalue weighted by molar-refractivity contribution is 5.93. The third-order valence-electron chi connectivity index (χ3n) is 3.09. The van der Waals surface area contributed by atoms with Crippen LogP contribution in [0.4, 0.5) is 0 Å². The maximum atomic E-state index is 12.2. The van der Waals surface area contributed by atoms with Gasteiger partial charge in [0, 0.05) is 6.20 Å². The fourth-order valence-corrected chi connectivity index (χ4v) is 2.06. The number of hydrogen-bond donors (Lipinski definition) is 1. The number of ketones is 1. The highest BCUT2D eigenvalue weighted by atomic mass is 16.2. The first-order valence-electron chi connectivity index (χ1n) is 6.49. The highest BCUT2D eigenvalue weighted by Crippen LogP contribution is 2.08. The number of carbonyl (C=O) groups is 1. The number of Topliss-reactive ketones (excluding diaryl/α,β-unsaturated/α-hetero) is 1. The molecule has 1 aromatic heterocycles. The molecule has 2 rings (SSSR count). The Bertz CT molecular complexity index is 739. The first-order valence-corrected chi connectivity index (χ1v) is 6.49. The average Bonchev–Trinajstić information content (AvgIpc) is 2.40. The number of benzene rings is 1. The van der Waals surface area contributed by atoms with Crippen molar-refractivity contribution in [3.05, 3.63) is 62.4 Å². The maximum absolute atomic E-state index is 12.2. The Morgan fingerprint density at radius 1 is 1.20 bits per heavy atom. The van der Waals surface area contributed by atoms with Crippen LogP contribution in [0.2, 0.25) is 0 Å². The largest absolute Gasteiger partial charge is 0.333 e. The number of nitrogens with one attached hydrogen (secondary N) is 1. The molecule has 0 fully saturated rings. The normalized spacial score (nSPS) is 10.5. The van der Waals surface area contributed by atoms with Crippen molar-refractivity contribution in [1.82, 2.24) is 9.55 Å². The van der Waals surface area contributed by atoms with Gasteiger partial charge in [0.15, 0.2) is 5.78 Å². The van der Waals surface area contributed by atoms with E-state index in [1.807, 2.05) is 12.1 Å². The summed E-state index contributed by atoms with van der Waals surface area (Å²) in [6.07, 6.45) is 3.13. The molecular formula is C15H16N2O3. The van der Waals surface area contributed by atoms with Gasteiger partial charge in [-0.1, -0.05) is 25.5 Å². The summed E-state index contributed by atoms with van der Waals surface area (Å²) in [5.41, 5.74) is 0.428. The number of H-pyrrole nitrogens is 1. The Balaban J connectivity index is 2.57. The van der Waals surface area contributed by atoms with Gasteiger partial charge in [-0.15, -0.1) is 0 Å². The monoisotopic (exact) mass is 272 g/mol. The fourth-order valence-electron chi connectivity index (χ4n) is 2.06. The molecule has 104 valence electrons. The van der Waals surface area contributed by atoms with Gasteiger partial charge in [0.25, 0.3) is 5.56 Å². The van der Waals surface area contributed by atoms with E-state index in [9.17, 15) is 14.4 Å². The summed E-state index contributed by atoms with van der Waals surface area (Å²) in [6, 6.07) is 7.19. The average molecular weight is 272 g/mol. The van der Waals surface area contributed by atoms with Crippen molar-refractivity contribution >= 4 is 5.78 Å². The Morgan fingerprint density at radius 3 is 2.40 bits per heavy atom. The molecule has 5 nitrogen and oxygen atoms in total. The molecule has 0 saturated heterocycles. The van der Waals surface area contributed by atoms with E-state index in [1.165, 1.54) is 6.92 Å². The zero-order chi connectivity index (χ0) is 14.7. The van der Waals surface area contributed by atoms with Crippen LogP contribution in [0.3, 0.4) is 0 Å². The summed E-state index contributed by atoms with van der Waals surface area (Å²) in [5, 5.41) is 0. The zero-order valence-corrected chi connectivity index (χ0v) is 11.5. The van der Waals surface area contributed by atoms with Gasteiger partial charge in [-0.3, -0.25) is 9.59 Å². The van der Waals surface area contributed by atoms with Crippen molar-refractivity contribution in [2.75, 3.05) is 0 Å². The molecule has 20 heavy (non-hydrogen) atoms. The Labute approximate surface area is 115 Å². The van der Waals surface area contributed by atoms with E-state index in [2.05, 4.69) is 11.9 Å². The Hall–Kier alpha value is -2.43. The van der Waals surface area contributed by atoms with Crippen molar-refractivity contribution in [2.45, 2.75) is 26.7 Å². The topological polar surface area (TPSA) is 71.9 Å². The van der Waals surface area contributed by atoms with Crippen molar-refractivity contribution < 1.29 is 4.79 Å². The molecule has 0 atom stereocenters. The molecule has 0 unspecified atom stereocenters. The summed E-state index contributed by atoms with van der Waals surface area (Å²) in [5.74, 6) is -0.373. The number of aryl methyl sites for hydroxylation is 1. The zero-order valence-electron chi connectivity index (χ0n) is 11.5. The van der Waals surface area contributed by atoms with Crippen LogP contribution in [0.25, 0.3) is 5.69 Å². The summed E-state index contributed by atoms with van der Waals surface area (Å²) < 4.78 is 0.979. The van der Waals surface area contributed by atoms with Gasteiger partial charge >= 0.3 is 5.69 Å². The van der Waals surface area contributed by atoms with E-state index in [0.29, 0.717) is 5.69 Å². The second-order valence-corrected chi connectivity index (χ2v) is 4.62. The smallest absolute Gasteiger partial charge is 0.313 e. The van der Waals surface area contributed by atoms with Gasteiger partial charge in [-0.05, 0) is 31.0 Å². The quantitative estimate of drug-likeness (QED) is 0.861. The highest BCUT2D eigenvalue weighted by Gasteiger charge is 2.12. The first kappa shape index (κ1) is 14.0. The second kappa shape index (κ2) is 5.69. The van der Waals surface area contributed by atoms with Crippen LogP contribution in [-0.2, 0) is 6.42 Å². The van der Waals surface area contributed by atoms with Gasteiger partial charge in [0.1, 0.15) is 0 Å². The van der Waals surface area contributed by atoms with Crippen LogP contribution in [-0.4, -0.2) is 15.3 Å². The third kappa shape index (κ3) is 2.61. The standard InChI is InChI=1S/C15H16N2O3/c1-3-4-11-5-7-12(8-6-11)17-14(19)13(10(2)18)9-16-15(17)20/h5-9H,3-4H2,1-2H3,(H,16,20). The van der Waals surface area contributed by atoms with Gasteiger partial charge in [-0.25, -0.2) is 9.36 Å². The number of hydrogen-bond acceptors (Lipinski definition) is 3. The van der Waals surface area contributed by atoms with E-state index in [-0.39, 0.29) is 11.3 Å². The van der Waals surface area contributed by atoms with Crippen LogP contribution in [0.1, 0.15) is 36.2 Å². The molecule has 0 aliphatic carbocycles. The van der Waals surface area contributed by atoms with Crippen LogP contribution in [0.15, 0.2) is 40.1 Å². The number of aromatic nitrogens is 2. The third-order valence-corrected chi connectivity index (χ3v) is 3.09. The van der Waals surface area contributed by atoms with Gasteiger partial charge in [0.2, 0.25) is 0 Å². The van der Waals surface area contributed by atoms with E-state index < -0.39 is 11.2 Å². The predicted octanol–water partition coefficient (Wildman–Crippen LogP) is 1.68. The minimum atomic E-state index is -0.593. The first-order chi connectivity index (χ1) is 9.54. The van der Waals surface area contributed by atoms with Gasteiger partial charge < -0.3 is 4.98 Å². The summed E-state index contributed by atoms with van der Waals surface area (Å²) in [6.45, 7) is 3.38. The van der Waals surface area contributed by atoms with Crippen LogP contribution in [0, 0.1) is 0 Å². The molecule has 0 aliphatic heterocycles. The molecule has 0 saturated carbocycles. The molecule has 0 aliphatic rings. The van der Waals surface area contributed by atoms with E-state index in [0.717, 1.165) is 29.2 Å². The molecule has 0 amide bonds. The molecular weight excluding hydrogens is 256 g/mol. The van der Waals surface area contributed by atoms with Crippen LogP contribution < -0.4 is 11.2 Å². The predicted molar refractivity (Wildman–Crippen MR) is 76.7 cm³/mol. The summed E-state index contributed by atoms with van der Waals surface area (Å²) in [4.78, 5) is 37.8. The lowest BCUT2D eigenvalue weighted by atomic mass is 10.1. The molecule has 1 heterocycles. The molecule has 1 aromatic carbocycles. The fraction of sp³-hybridized carbons (Fsp3) is 0.267. The number of nitrogens with zero attached hydrogens (tertiary/aromatic N) is 1. The molecule has 0 spiro atoms. The van der Waals surface area contributed by atoms with E-state index in [4.69, 9.17) is 0 Å². The Morgan fingerprint density at radius 2 is 1.85 bits per heavy atom. The SMILES string of the molecule is CCCc1ccc(-n2c(=O)[nH]cc(C(C)=O)c2=O)cc1. The summed E-state index contributed by atoms with van der Waals surface area (Å²) >= 11 is 0. The van der Waals surface area contributed by atoms with Crippen molar-refractivity contribution in [2.24, 2.45) is 0 Å². The minimum absolute atomic E-state index is 0.0257. The lowest BCUT2D eigenvalue weighted by Gasteiger charge is -2.06.